The number of nitrogens with one attached hydrogen (secondary N) is 1. The number of hydrogen-bond donors (Lipinski definition) is 1. The first kappa shape index (κ1) is 17.0. The van der Waals surface area contributed by atoms with Gasteiger partial charge in [-0.15, -0.1) is 0 Å². The van der Waals surface area contributed by atoms with Crippen LogP contribution in [0.25, 0.3) is 0 Å². The smallest absolute Gasteiger partial charge is 0.240 e. The van der Waals surface area contributed by atoms with E-state index in [0.29, 0.717) is 19.6 Å². The Balaban J connectivity index is 2.11. The minimum absolute atomic E-state index is 0.288. The van der Waals surface area contributed by atoms with E-state index in [2.05, 4.69) is 4.72 Å². The Morgan fingerprint density at radius 1 is 1.23 bits per heavy atom. The molecule has 1 aromatic carbocycles. The van der Waals surface area contributed by atoms with Gasteiger partial charge in [-0.25, -0.2) is 13.1 Å². The predicted octanol–water partition coefficient (Wildman–Crippen LogP) is 3.28. The summed E-state index contributed by atoms with van der Waals surface area (Å²) in [5.41, 5.74) is 2.81. The summed E-state index contributed by atoms with van der Waals surface area (Å²) in [5, 5.41) is 4.02. The second-order valence-electron chi connectivity index (χ2n) is 5.10. The summed E-state index contributed by atoms with van der Waals surface area (Å²) in [7, 11) is -3.49. The fourth-order valence-electron chi connectivity index (χ4n) is 2.29. The van der Waals surface area contributed by atoms with Gasteiger partial charge in [0.25, 0.3) is 0 Å². The molecule has 120 valence electrons. The van der Waals surface area contributed by atoms with E-state index in [1.807, 2.05) is 37.6 Å². The van der Waals surface area contributed by atoms with Gasteiger partial charge in [-0.05, 0) is 72.8 Å². The van der Waals surface area contributed by atoms with E-state index < -0.39 is 10.0 Å². The molecule has 0 spiro atoms. The topological polar surface area (TPSA) is 55.4 Å². The number of thiophene rings is 1. The quantitative estimate of drug-likeness (QED) is 0.842. The molecule has 0 aliphatic rings. The molecule has 1 N–H and O–H groups in total. The Morgan fingerprint density at radius 2 is 1.91 bits per heavy atom. The Kier molecular flexibility index (Phi) is 5.61. The van der Waals surface area contributed by atoms with Crippen LogP contribution in [0.3, 0.4) is 0 Å². The Bertz CT molecular complexity index is 699. The third kappa shape index (κ3) is 4.09. The summed E-state index contributed by atoms with van der Waals surface area (Å²) < 4.78 is 33.0. The van der Waals surface area contributed by atoms with E-state index in [1.165, 1.54) is 0 Å². The van der Waals surface area contributed by atoms with Crippen molar-refractivity contribution in [2.45, 2.75) is 32.1 Å². The summed E-state index contributed by atoms with van der Waals surface area (Å²) in [6.07, 6.45) is 0.692. The lowest BCUT2D eigenvalue weighted by Gasteiger charge is -2.13. The predicted molar refractivity (Wildman–Crippen MR) is 90.3 cm³/mol. The molecule has 0 radical (unpaired) electrons. The summed E-state index contributed by atoms with van der Waals surface area (Å²) in [6, 6.07) is 5.32. The van der Waals surface area contributed by atoms with E-state index in [4.69, 9.17) is 4.74 Å². The van der Waals surface area contributed by atoms with Crippen LogP contribution in [0.15, 0.2) is 33.9 Å². The normalized spacial score (nSPS) is 11.6. The van der Waals surface area contributed by atoms with Gasteiger partial charge < -0.3 is 4.74 Å². The lowest BCUT2D eigenvalue weighted by atomic mass is 10.1. The summed E-state index contributed by atoms with van der Waals surface area (Å²) in [6.45, 7) is 6.59. The fraction of sp³-hybridized carbons (Fsp3) is 0.375. The van der Waals surface area contributed by atoms with Gasteiger partial charge in [0, 0.05) is 6.54 Å². The van der Waals surface area contributed by atoms with Crippen molar-refractivity contribution < 1.29 is 13.2 Å². The molecule has 1 heterocycles. The van der Waals surface area contributed by atoms with E-state index in [-0.39, 0.29) is 4.90 Å². The first-order chi connectivity index (χ1) is 10.4. The van der Waals surface area contributed by atoms with Crippen molar-refractivity contribution in [3.8, 4) is 5.75 Å². The van der Waals surface area contributed by atoms with Crippen LogP contribution >= 0.6 is 11.3 Å². The fourth-order valence-corrected chi connectivity index (χ4v) is 4.19. The summed E-state index contributed by atoms with van der Waals surface area (Å²) in [4.78, 5) is 0.288. The first-order valence-corrected chi connectivity index (χ1v) is 9.61. The molecule has 22 heavy (non-hydrogen) atoms. The van der Waals surface area contributed by atoms with Gasteiger partial charge in [-0.1, -0.05) is 0 Å². The van der Waals surface area contributed by atoms with Crippen molar-refractivity contribution in [2.24, 2.45) is 0 Å². The van der Waals surface area contributed by atoms with E-state index >= 15 is 0 Å². The van der Waals surface area contributed by atoms with Crippen LogP contribution < -0.4 is 9.46 Å². The van der Waals surface area contributed by atoms with Gasteiger partial charge in [0.1, 0.15) is 5.75 Å². The first-order valence-electron chi connectivity index (χ1n) is 7.19. The van der Waals surface area contributed by atoms with Gasteiger partial charge in [0.2, 0.25) is 10.0 Å². The molecule has 0 aliphatic heterocycles. The monoisotopic (exact) mass is 339 g/mol. The molecule has 2 aromatic rings. The van der Waals surface area contributed by atoms with Crippen molar-refractivity contribution in [3.63, 3.8) is 0 Å². The molecule has 0 fully saturated rings. The van der Waals surface area contributed by atoms with Crippen LogP contribution in [0.4, 0.5) is 0 Å². The molecule has 0 unspecified atom stereocenters. The van der Waals surface area contributed by atoms with Crippen LogP contribution in [0.2, 0.25) is 0 Å². The molecule has 1 aromatic heterocycles. The Hall–Kier alpha value is -1.37. The zero-order valence-corrected chi connectivity index (χ0v) is 14.7. The maximum atomic E-state index is 12.4. The van der Waals surface area contributed by atoms with Gasteiger partial charge in [-0.2, -0.15) is 11.3 Å². The van der Waals surface area contributed by atoms with Crippen LogP contribution in [0.1, 0.15) is 23.6 Å². The third-order valence-corrected chi connectivity index (χ3v) is 5.49. The number of rotatable bonds is 7. The zero-order valence-electron chi connectivity index (χ0n) is 13.0. The molecule has 4 nitrogen and oxygen atoms in total. The van der Waals surface area contributed by atoms with Crippen LogP contribution in [-0.2, 0) is 16.4 Å². The molecule has 0 saturated heterocycles. The second kappa shape index (κ2) is 7.26. The minimum Gasteiger partial charge on any atom is -0.493 e. The van der Waals surface area contributed by atoms with Crippen molar-refractivity contribution in [1.82, 2.24) is 4.72 Å². The highest BCUT2D eigenvalue weighted by Gasteiger charge is 2.17. The van der Waals surface area contributed by atoms with Crippen molar-refractivity contribution in [1.29, 1.82) is 0 Å². The number of aryl methyl sites for hydroxylation is 2. The second-order valence-corrected chi connectivity index (χ2v) is 7.65. The molecule has 0 atom stereocenters. The minimum atomic E-state index is -3.49. The van der Waals surface area contributed by atoms with Gasteiger partial charge in [0.15, 0.2) is 0 Å². The zero-order chi connectivity index (χ0) is 16.2. The summed E-state index contributed by atoms with van der Waals surface area (Å²) >= 11 is 1.61. The Morgan fingerprint density at radius 3 is 2.45 bits per heavy atom. The summed E-state index contributed by atoms with van der Waals surface area (Å²) in [5.74, 6) is 0.764. The SMILES string of the molecule is CCOc1c(C)cc(S(=O)(=O)NCCc2ccsc2)cc1C. The van der Waals surface area contributed by atoms with Crippen molar-refractivity contribution in [2.75, 3.05) is 13.2 Å². The standard InChI is InChI=1S/C16H21NO3S2/c1-4-20-16-12(2)9-15(10-13(16)3)22(18,19)17-7-5-14-6-8-21-11-14/h6,8-11,17H,4-5,7H2,1-3H3. The molecule has 0 aliphatic carbocycles. The number of ether oxygens (including phenoxy) is 1. The Labute approximate surface area is 136 Å². The van der Waals surface area contributed by atoms with E-state index in [1.54, 1.807) is 23.5 Å². The van der Waals surface area contributed by atoms with Crippen LogP contribution in [0.5, 0.6) is 5.75 Å². The van der Waals surface area contributed by atoms with Crippen molar-refractivity contribution >= 4 is 21.4 Å². The number of hydrogen-bond acceptors (Lipinski definition) is 4. The average Bonchev–Trinajstić information content (AvgIpc) is 2.95. The third-order valence-electron chi connectivity index (χ3n) is 3.32. The highest BCUT2D eigenvalue weighted by Crippen LogP contribution is 2.26. The maximum Gasteiger partial charge on any atom is 0.240 e. The van der Waals surface area contributed by atoms with Crippen molar-refractivity contribution in [3.05, 3.63) is 45.6 Å². The van der Waals surface area contributed by atoms with Gasteiger partial charge >= 0.3 is 0 Å². The molecular weight excluding hydrogens is 318 g/mol. The molecule has 0 amide bonds. The van der Waals surface area contributed by atoms with E-state index in [0.717, 1.165) is 22.4 Å². The lowest BCUT2D eigenvalue weighted by molar-refractivity contribution is 0.335. The molecular formula is C16H21NO3S2. The largest absolute Gasteiger partial charge is 0.493 e. The van der Waals surface area contributed by atoms with Gasteiger partial charge in [0.05, 0.1) is 11.5 Å². The average molecular weight is 339 g/mol. The lowest BCUT2D eigenvalue weighted by Crippen LogP contribution is -2.26. The molecule has 0 saturated carbocycles. The van der Waals surface area contributed by atoms with Crippen LogP contribution in [0, 0.1) is 13.8 Å². The highest BCUT2D eigenvalue weighted by atomic mass is 32.2. The number of sulfonamides is 1. The van der Waals surface area contributed by atoms with E-state index in [9.17, 15) is 8.42 Å². The molecule has 0 bridgehead atoms. The molecule has 6 heteroatoms. The van der Waals surface area contributed by atoms with Gasteiger partial charge in [-0.3, -0.25) is 0 Å². The molecule has 2 rings (SSSR count). The highest BCUT2D eigenvalue weighted by molar-refractivity contribution is 7.89. The van der Waals surface area contributed by atoms with Crippen LogP contribution in [-0.4, -0.2) is 21.6 Å². The number of benzene rings is 1. The maximum absolute atomic E-state index is 12.4.